The summed E-state index contributed by atoms with van der Waals surface area (Å²) in [6, 6.07) is -1.28. The number of carbonyl (C=O) groups is 3. The second-order valence-electron chi connectivity index (χ2n) is 5.23. The molecule has 0 bridgehead atoms. The molecule has 0 aromatic carbocycles. The van der Waals surface area contributed by atoms with Crippen LogP contribution in [0.25, 0.3) is 0 Å². The van der Waals surface area contributed by atoms with Crippen molar-refractivity contribution in [3.63, 3.8) is 0 Å². The van der Waals surface area contributed by atoms with Crippen LogP contribution in [0.4, 0.5) is 4.79 Å². The van der Waals surface area contributed by atoms with Crippen molar-refractivity contribution in [2.75, 3.05) is 33.8 Å². The van der Waals surface area contributed by atoms with Gasteiger partial charge >= 0.3 is 18.0 Å². The molecule has 2 atom stereocenters. The van der Waals surface area contributed by atoms with Gasteiger partial charge in [-0.25, -0.2) is 9.59 Å². The van der Waals surface area contributed by atoms with E-state index in [0.717, 1.165) is 6.54 Å². The molecule has 0 radical (unpaired) electrons. The zero-order chi connectivity index (χ0) is 16.0. The molecular weight excluding hydrogens is 278 g/mol. The van der Waals surface area contributed by atoms with Crippen LogP contribution in [0.1, 0.15) is 19.8 Å². The van der Waals surface area contributed by atoms with Crippen molar-refractivity contribution in [1.82, 2.24) is 15.1 Å². The van der Waals surface area contributed by atoms with Gasteiger partial charge in [0.05, 0.1) is 7.11 Å². The van der Waals surface area contributed by atoms with E-state index in [9.17, 15) is 14.4 Å². The lowest BCUT2D eigenvalue weighted by atomic mass is 10.1. The van der Waals surface area contributed by atoms with E-state index in [4.69, 9.17) is 5.11 Å². The molecule has 1 aliphatic heterocycles. The largest absolute Gasteiger partial charge is 0.480 e. The quantitative estimate of drug-likeness (QED) is 0.679. The first-order chi connectivity index (χ1) is 9.85. The number of esters is 1. The van der Waals surface area contributed by atoms with Crippen LogP contribution in [0.5, 0.6) is 0 Å². The number of carboxylic acid groups (broad SMARTS) is 1. The summed E-state index contributed by atoms with van der Waals surface area (Å²) in [5.41, 5.74) is 0. The number of nitrogens with one attached hydrogen (secondary N) is 1. The molecule has 1 heterocycles. The molecule has 0 saturated carbocycles. The highest BCUT2D eigenvalue weighted by Crippen LogP contribution is 2.08. The molecule has 0 aromatic heterocycles. The van der Waals surface area contributed by atoms with Crippen molar-refractivity contribution >= 4 is 18.0 Å². The molecule has 2 N–H and O–H groups in total. The number of hydrogen-bond donors (Lipinski definition) is 2. The smallest absolute Gasteiger partial charge is 0.326 e. The number of rotatable bonds is 5. The number of hydrogen-bond acceptors (Lipinski definition) is 5. The van der Waals surface area contributed by atoms with E-state index in [-0.39, 0.29) is 18.9 Å². The minimum absolute atomic E-state index is 0.0110. The molecule has 1 rings (SSSR count). The number of aliphatic carboxylic acids is 1. The molecule has 0 aromatic rings. The van der Waals surface area contributed by atoms with Gasteiger partial charge in [0.2, 0.25) is 0 Å². The SMILES string of the molecule is COC(=O)CC[C@@H](NC(=O)N1CCN(C)C(C)C1)C(=O)O. The van der Waals surface area contributed by atoms with Crippen molar-refractivity contribution in [3.05, 3.63) is 0 Å². The Labute approximate surface area is 124 Å². The predicted octanol–water partition coefficient (Wildman–Crippen LogP) is -0.262. The van der Waals surface area contributed by atoms with E-state index in [1.165, 1.54) is 7.11 Å². The second kappa shape index (κ2) is 7.82. The Bertz CT molecular complexity index is 401. The molecule has 21 heavy (non-hydrogen) atoms. The molecule has 2 amide bonds. The first-order valence-corrected chi connectivity index (χ1v) is 6.90. The standard InChI is InChI=1S/C13H23N3O5/c1-9-8-16(7-6-15(9)2)13(20)14-10(12(18)19)4-5-11(17)21-3/h9-10H,4-8H2,1-3H3,(H,14,20)(H,18,19)/t9?,10-/m1/s1. The van der Waals surface area contributed by atoms with Crippen LogP contribution in [0, 0.1) is 0 Å². The number of urea groups is 1. The molecule has 0 spiro atoms. The third-order valence-corrected chi connectivity index (χ3v) is 3.71. The highest BCUT2D eigenvalue weighted by Gasteiger charge is 2.28. The van der Waals surface area contributed by atoms with Gasteiger partial charge in [-0.1, -0.05) is 0 Å². The average Bonchev–Trinajstić information content (AvgIpc) is 2.45. The van der Waals surface area contributed by atoms with Crippen LogP contribution in [-0.2, 0) is 14.3 Å². The Morgan fingerprint density at radius 1 is 1.38 bits per heavy atom. The molecule has 1 fully saturated rings. The van der Waals surface area contributed by atoms with Gasteiger partial charge in [-0.05, 0) is 20.4 Å². The zero-order valence-corrected chi connectivity index (χ0v) is 12.7. The van der Waals surface area contributed by atoms with Gasteiger partial charge in [0, 0.05) is 32.1 Å². The Kier molecular flexibility index (Phi) is 6.41. The molecule has 0 aliphatic carbocycles. The van der Waals surface area contributed by atoms with E-state index < -0.39 is 24.0 Å². The lowest BCUT2D eigenvalue weighted by Crippen LogP contribution is -2.56. The summed E-state index contributed by atoms with van der Waals surface area (Å²) in [5, 5.41) is 11.6. The summed E-state index contributed by atoms with van der Waals surface area (Å²) in [7, 11) is 3.22. The van der Waals surface area contributed by atoms with E-state index in [0.29, 0.717) is 13.1 Å². The Balaban J connectivity index is 2.52. The number of amides is 2. The number of likely N-dealkylation sites (N-methyl/N-ethyl adjacent to an activating group) is 1. The van der Waals surface area contributed by atoms with Gasteiger partial charge in [-0.2, -0.15) is 0 Å². The van der Waals surface area contributed by atoms with Crippen molar-refractivity contribution in [3.8, 4) is 0 Å². The molecule has 1 aliphatic rings. The summed E-state index contributed by atoms with van der Waals surface area (Å²) in [4.78, 5) is 38.0. The number of piperazine rings is 1. The molecule has 8 nitrogen and oxygen atoms in total. The number of carboxylic acids is 1. The topological polar surface area (TPSA) is 99.2 Å². The van der Waals surface area contributed by atoms with Crippen LogP contribution in [0.15, 0.2) is 0 Å². The minimum atomic E-state index is -1.16. The molecular formula is C13H23N3O5. The average molecular weight is 301 g/mol. The first kappa shape index (κ1) is 17.2. The van der Waals surface area contributed by atoms with Gasteiger partial charge in [0.1, 0.15) is 6.04 Å². The predicted molar refractivity (Wildman–Crippen MR) is 74.9 cm³/mol. The maximum atomic E-state index is 12.1. The third kappa shape index (κ3) is 5.22. The van der Waals surface area contributed by atoms with Crippen LogP contribution in [-0.4, -0.2) is 78.8 Å². The van der Waals surface area contributed by atoms with Gasteiger partial charge in [0.25, 0.3) is 0 Å². The fraction of sp³-hybridized carbons (Fsp3) is 0.769. The maximum absolute atomic E-state index is 12.1. The fourth-order valence-electron chi connectivity index (χ4n) is 2.09. The van der Waals surface area contributed by atoms with Crippen molar-refractivity contribution < 1.29 is 24.2 Å². The van der Waals surface area contributed by atoms with Crippen molar-refractivity contribution in [2.45, 2.75) is 31.8 Å². The summed E-state index contributed by atoms with van der Waals surface area (Å²) in [6.07, 6.45) is -0.0378. The van der Waals surface area contributed by atoms with Gasteiger partial charge < -0.3 is 25.0 Å². The fourth-order valence-corrected chi connectivity index (χ4v) is 2.09. The lowest BCUT2D eigenvalue weighted by molar-refractivity contribution is -0.142. The van der Waals surface area contributed by atoms with E-state index in [1.54, 1.807) is 4.90 Å². The Hall–Kier alpha value is -1.83. The monoisotopic (exact) mass is 301 g/mol. The van der Waals surface area contributed by atoms with E-state index in [1.807, 2.05) is 14.0 Å². The van der Waals surface area contributed by atoms with Crippen molar-refractivity contribution in [1.29, 1.82) is 0 Å². The van der Waals surface area contributed by atoms with Gasteiger partial charge in [0.15, 0.2) is 0 Å². The number of carbonyl (C=O) groups excluding carboxylic acids is 2. The van der Waals surface area contributed by atoms with Crippen LogP contribution in [0.2, 0.25) is 0 Å². The minimum Gasteiger partial charge on any atom is -0.480 e. The second-order valence-corrected chi connectivity index (χ2v) is 5.23. The molecule has 1 unspecified atom stereocenters. The number of methoxy groups -OCH3 is 1. The Morgan fingerprint density at radius 2 is 2.05 bits per heavy atom. The molecule has 1 saturated heterocycles. The van der Waals surface area contributed by atoms with Crippen LogP contribution in [0.3, 0.4) is 0 Å². The summed E-state index contributed by atoms with van der Waals surface area (Å²) < 4.78 is 4.47. The Morgan fingerprint density at radius 3 is 2.57 bits per heavy atom. The normalized spacial score (nSPS) is 20.7. The highest BCUT2D eigenvalue weighted by molar-refractivity contribution is 5.83. The number of ether oxygens (including phenoxy) is 1. The van der Waals surface area contributed by atoms with Crippen LogP contribution >= 0.6 is 0 Å². The third-order valence-electron chi connectivity index (χ3n) is 3.71. The van der Waals surface area contributed by atoms with Crippen LogP contribution < -0.4 is 5.32 Å². The molecule has 8 heteroatoms. The summed E-state index contributed by atoms with van der Waals surface area (Å²) in [6.45, 7) is 3.85. The first-order valence-electron chi connectivity index (χ1n) is 6.90. The molecule has 120 valence electrons. The lowest BCUT2D eigenvalue weighted by Gasteiger charge is -2.38. The summed E-state index contributed by atoms with van der Waals surface area (Å²) >= 11 is 0. The van der Waals surface area contributed by atoms with Crippen molar-refractivity contribution in [2.24, 2.45) is 0 Å². The number of nitrogens with zero attached hydrogens (tertiary/aromatic N) is 2. The van der Waals surface area contributed by atoms with Gasteiger partial charge in [-0.15, -0.1) is 0 Å². The summed E-state index contributed by atoms with van der Waals surface area (Å²) in [5.74, 6) is -1.65. The highest BCUT2D eigenvalue weighted by atomic mass is 16.5. The zero-order valence-electron chi connectivity index (χ0n) is 12.7. The van der Waals surface area contributed by atoms with E-state index in [2.05, 4.69) is 15.0 Å². The van der Waals surface area contributed by atoms with Gasteiger partial charge in [-0.3, -0.25) is 4.79 Å². The van der Waals surface area contributed by atoms with E-state index >= 15 is 0 Å². The maximum Gasteiger partial charge on any atom is 0.326 e.